The van der Waals surface area contributed by atoms with Crippen LogP contribution in [0.15, 0.2) is 18.5 Å². The molecule has 2 unspecified atom stereocenters. The first-order valence-corrected chi connectivity index (χ1v) is 7.98. The molecule has 0 saturated heterocycles. The standard InChI is InChI=1S/C16H24ClNO2/c1-2-20-16(12-6-4-3-5-7-12)15(19)10-13-8-9-18-11-14(13)17/h8-9,11-12,15-16,19H,2-7,10H2,1H3. The molecule has 112 valence electrons. The highest BCUT2D eigenvalue weighted by Crippen LogP contribution is 2.31. The molecule has 2 atom stereocenters. The maximum atomic E-state index is 10.6. The Hall–Kier alpha value is -0.640. The van der Waals surface area contributed by atoms with Crippen molar-refractivity contribution >= 4 is 11.6 Å². The lowest BCUT2D eigenvalue weighted by Gasteiger charge is -2.33. The molecule has 0 aliphatic heterocycles. The van der Waals surface area contributed by atoms with Crippen molar-refractivity contribution in [3.63, 3.8) is 0 Å². The van der Waals surface area contributed by atoms with Gasteiger partial charge in [-0.2, -0.15) is 0 Å². The Kier molecular flexibility index (Phi) is 6.27. The normalized spacial score (nSPS) is 19.8. The molecule has 0 aromatic carbocycles. The monoisotopic (exact) mass is 297 g/mol. The van der Waals surface area contributed by atoms with Crippen molar-refractivity contribution in [1.82, 2.24) is 4.98 Å². The fourth-order valence-corrected chi connectivity index (χ4v) is 3.32. The molecule has 1 aliphatic carbocycles. The Bertz CT molecular complexity index is 407. The third kappa shape index (κ3) is 4.18. The van der Waals surface area contributed by atoms with Gasteiger partial charge in [0.25, 0.3) is 0 Å². The van der Waals surface area contributed by atoms with Gasteiger partial charge in [0.1, 0.15) is 0 Å². The first-order chi connectivity index (χ1) is 9.72. The van der Waals surface area contributed by atoms with Gasteiger partial charge in [0.2, 0.25) is 0 Å². The van der Waals surface area contributed by atoms with Crippen LogP contribution in [0.1, 0.15) is 44.6 Å². The first-order valence-electron chi connectivity index (χ1n) is 7.60. The van der Waals surface area contributed by atoms with Gasteiger partial charge in [-0.05, 0) is 37.3 Å². The average Bonchev–Trinajstić information content (AvgIpc) is 2.48. The number of aliphatic hydroxyl groups is 1. The third-order valence-corrected chi connectivity index (χ3v) is 4.48. The van der Waals surface area contributed by atoms with Crippen LogP contribution in [0.4, 0.5) is 0 Å². The molecule has 4 heteroatoms. The number of aliphatic hydroxyl groups excluding tert-OH is 1. The van der Waals surface area contributed by atoms with Crippen molar-refractivity contribution in [3.05, 3.63) is 29.0 Å². The fourth-order valence-electron chi connectivity index (χ4n) is 3.13. The number of hydrogen-bond donors (Lipinski definition) is 1. The Balaban J connectivity index is 2.02. The van der Waals surface area contributed by atoms with Crippen LogP contribution < -0.4 is 0 Å². The molecule has 0 spiro atoms. The summed E-state index contributed by atoms with van der Waals surface area (Å²) >= 11 is 6.12. The fraction of sp³-hybridized carbons (Fsp3) is 0.688. The van der Waals surface area contributed by atoms with Crippen LogP contribution in [0, 0.1) is 5.92 Å². The molecule has 0 radical (unpaired) electrons. The number of rotatable bonds is 6. The zero-order chi connectivity index (χ0) is 14.4. The van der Waals surface area contributed by atoms with Gasteiger partial charge >= 0.3 is 0 Å². The van der Waals surface area contributed by atoms with Crippen molar-refractivity contribution in [2.45, 2.75) is 57.7 Å². The smallest absolute Gasteiger partial charge is 0.0865 e. The van der Waals surface area contributed by atoms with E-state index in [0.29, 0.717) is 24.0 Å². The van der Waals surface area contributed by atoms with Crippen LogP contribution in [0.3, 0.4) is 0 Å². The van der Waals surface area contributed by atoms with E-state index in [4.69, 9.17) is 16.3 Å². The summed E-state index contributed by atoms with van der Waals surface area (Å²) in [5.74, 6) is 0.472. The summed E-state index contributed by atoms with van der Waals surface area (Å²) in [6.07, 6.45) is 9.40. The van der Waals surface area contributed by atoms with Gasteiger partial charge in [0, 0.05) is 25.4 Å². The van der Waals surface area contributed by atoms with E-state index < -0.39 is 6.10 Å². The quantitative estimate of drug-likeness (QED) is 0.872. The molecule has 1 fully saturated rings. The van der Waals surface area contributed by atoms with Crippen LogP contribution in [0.5, 0.6) is 0 Å². The second kappa shape index (κ2) is 7.96. The average molecular weight is 298 g/mol. The lowest BCUT2D eigenvalue weighted by Crippen LogP contribution is -2.38. The predicted octanol–water partition coefficient (Wildman–Crippen LogP) is 3.62. The van der Waals surface area contributed by atoms with Crippen molar-refractivity contribution in [3.8, 4) is 0 Å². The van der Waals surface area contributed by atoms with E-state index in [9.17, 15) is 5.11 Å². The molecule has 1 N–H and O–H groups in total. The highest BCUT2D eigenvalue weighted by Gasteiger charge is 2.30. The van der Waals surface area contributed by atoms with E-state index in [2.05, 4.69) is 4.98 Å². The van der Waals surface area contributed by atoms with Crippen LogP contribution in [-0.4, -0.2) is 28.9 Å². The Labute approximate surface area is 126 Å². The minimum Gasteiger partial charge on any atom is -0.390 e. The number of ether oxygens (including phenoxy) is 1. The first kappa shape index (κ1) is 15.7. The summed E-state index contributed by atoms with van der Waals surface area (Å²) in [5.41, 5.74) is 0.940. The number of halogens is 1. The van der Waals surface area contributed by atoms with Crippen molar-refractivity contribution in [2.75, 3.05) is 6.61 Å². The zero-order valence-corrected chi connectivity index (χ0v) is 12.9. The second-order valence-corrected chi connectivity index (χ2v) is 5.96. The predicted molar refractivity (Wildman–Crippen MR) is 80.9 cm³/mol. The summed E-state index contributed by atoms with van der Waals surface area (Å²) in [6, 6.07) is 1.87. The van der Waals surface area contributed by atoms with Gasteiger partial charge in [-0.15, -0.1) is 0 Å². The van der Waals surface area contributed by atoms with Crippen molar-refractivity contribution in [1.29, 1.82) is 0 Å². The minimum atomic E-state index is -0.502. The molecule has 1 aromatic heterocycles. The molecule has 3 nitrogen and oxygen atoms in total. The lowest BCUT2D eigenvalue weighted by molar-refractivity contribution is -0.0715. The summed E-state index contributed by atoms with van der Waals surface area (Å²) in [7, 11) is 0. The van der Waals surface area contributed by atoms with Crippen molar-refractivity contribution < 1.29 is 9.84 Å². The summed E-state index contributed by atoms with van der Waals surface area (Å²) in [5, 5.41) is 11.2. The number of aromatic nitrogens is 1. The summed E-state index contributed by atoms with van der Waals surface area (Å²) in [4.78, 5) is 3.98. The molecule has 1 saturated carbocycles. The van der Waals surface area contributed by atoms with Crippen LogP contribution in [-0.2, 0) is 11.2 Å². The Morgan fingerprint density at radius 2 is 2.15 bits per heavy atom. The van der Waals surface area contributed by atoms with E-state index >= 15 is 0 Å². The molecule has 1 aromatic rings. The molecule has 0 bridgehead atoms. The number of nitrogens with zero attached hydrogens (tertiary/aromatic N) is 1. The van der Waals surface area contributed by atoms with Gasteiger partial charge in [-0.1, -0.05) is 30.9 Å². The molecule has 0 amide bonds. The highest BCUT2D eigenvalue weighted by atomic mass is 35.5. The lowest BCUT2D eigenvalue weighted by atomic mass is 9.82. The Morgan fingerprint density at radius 1 is 1.40 bits per heavy atom. The largest absolute Gasteiger partial charge is 0.390 e. The maximum absolute atomic E-state index is 10.6. The van der Waals surface area contributed by atoms with Crippen LogP contribution >= 0.6 is 11.6 Å². The summed E-state index contributed by atoms with van der Waals surface area (Å²) < 4.78 is 5.85. The van der Waals surface area contributed by atoms with Gasteiger partial charge in [-0.3, -0.25) is 4.98 Å². The van der Waals surface area contributed by atoms with E-state index in [1.54, 1.807) is 12.4 Å². The SMILES string of the molecule is CCOC(C(O)Cc1ccncc1Cl)C1CCCCC1. The topological polar surface area (TPSA) is 42.4 Å². The minimum absolute atomic E-state index is 0.0791. The molecule has 20 heavy (non-hydrogen) atoms. The van der Waals surface area contributed by atoms with Gasteiger partial charge < -0.3 is 9.84 Å². The van der Waals surface area contributed by atoms with E-state index in [-0.39, 0.29) is 6.10 Å². The van der Waals surface area contributed by atoms with E-state index in [0.717, 1.165) is 18.4 Å². The molecule has 2 rings (SSSR count). The number of pyridine rings is 1. The molecular formula is C16H24ClNO2. The second-order valence-electron chi connectivity index (χ2n) is 5.56. The molecule has 1 aliphatic rings. The Morgan fingerprint density at radius 3 is 2.80 bits per heavy atom. The highest BCUT2D eigenvalue weighted by molar-refractivity contribution is 6.31. The van der Waals surface area contributed by atoms with E-state index in [1.807, 2.05) is 13.0 Å². The van der Waals surface area contributed by atoms with Gasteiger partial charge in [-0.25, -0.2) is 0 Å². The number of hydrogen-bond acceptors (Lipinski definition) is 3. The zero-order valence-electron chi connectivity index (χ0n) is 12.1. The van der Waals surface area contributed by atoms with Gasteiger partial charge in [0.05, 0.1) is 17.2 Å². The van der Waals surface area contributed by atoms with Crippen LogP contribution in [0.2, 0.25) is 5.02 Å². The summed E-state index contributed by atoms with van der Waals surface area (Å²) in [6.45, 7) is 2.63. The van der Waals surface area contributed by atoms with Gasteiger partial charge in [0.15, 0.2) is 0 Å². The molecular weight excluding hydrogens is 274 g/mol. The maximum Gasteiger partial charge on any atom is 0.0865 e. The van der Waals surface area contributed by atoms with Crippen molar-refractivity contribution in [2.24, 2.45) is 5.92 Å². The third-order valence-electron chi connectivity index (χ3n) is 4.14. The van der Waals surface area contributed by atoms with Crippen LogP contribution in [0.25, 0.3) is 0 Å². The van der Waals surface area contributed by atoms with E-state index in [1.165, 1.54) is 19.3 Å². The molecule has 1 heterocycles.